The van der Waals surface area contributed by atoms with Gasteiger partial charge in [0, 0.05) is 11.7 Å². The van der Waals surface area contributed by atoms with Crippen LogP contribution in [0.2, 0.25) is 0 Å². The Morgan fingerprint density at radius 2 is 2.14 bits per heavy atom. The molecule has 0 saturated heterocycles. The highest BCUT2D eigenvalue weighted by Crippen LogP contribution is 2.23. The average Bonchev–Trinajstić information content (AvgIpc) is 3.08. The number of hydrogen-bond donors (Lipinski definition) is 3. The Morgan fingerprint density at radius 3 is 2.81 bits per heavy atom. The Morgan fingerprint density at radius 1 is 1.33 bits per heavy atom. The molecule has 1 saturated carbocycles. The van der Waals surface area contributed by atoms with Gasteiger partial charge in [-0.05, 0) is 31.0 Å². The van der Waals surface area contributed by atoms with E-state index >= 15 is 0 Å². The molecule has 110 valence electrons. The first-order chi connectivity index (χ1) is 10.0. The predicted molar refractivity (Wildman–Crippen MR) is 74.1 cm³/mol. The van der Waals surface area contributed by atoms with Crippen LogP contribution in [0.25, 0.3) is 0 Å². The third-order valence-corrected chi connectivity index (χ3v) is 4.45. The van der Waals surface area contributed by atoms with Crippen LogP contribution in [-0.4, -0.2) is 35.5 Å². The van der Waals surface area contributed by atoms with E-state index in [-0.39, 0.29) is 16.8 Å². The molecule has 0 spiro atoms. The second-order valence-corrected chi connectivity index (χ2v) is 6.43. The first-order valence-corrected chi connectivity index (χ1v) is 7.82. The monoisotopic (exact) mass is 307 g/mol. The minimum Gasteiger partial charge on any atom is -0.319 e. The highest BCUT2D eigenvalue weighted by molar-refractivity contribution is 7.89. The fourth-order valence-electron chi connectivity index (χ4n) is 1.73. The molecule has 0 bridgehead atoms. The number of carbonyl (C=O) groups is 1. The Balaban J connectivity index is 1.78. The van der Waals surface area contributed by atoms with Crippen LogP contribution in [0.4, 0.5) is 5.69 Å². The standard InChI is InChI=1S/C12H13N5O3S/c18-12(11-13-7-14-16-11)15-9-2-1-3-10(6-9)21(19,20)17-8-4-5-8/h1-3,6-8,17H,4-5H2,(H,15,18)(H,13,14,16). The molecule has 2 aromatic rings. The van der Waals surface area contributed by atoms with E-state index in [2.05, 4.69) is 25.2 Å². The van der Waals surface area contributed by atoms with Crippen LogP contribution in [0.1, 0.15) is 23.5 Å². The third-order valence-electron chi connectivity index (χ3n) is 2.93. The van der Waals surface area contributed by atoms with Crippen molar-refractivity contribution in [2.24, 2.45) is 0 Å². The number of sulfonamides is 1. The number of nitrogens with zero attached hydrogens (tertiary/aromatic N) is 2. The van der Waals surface area contributed by atoms with Crippen molar-refractivity contribution in [3.8, 4) is 0 Å². The molecular weight excluding hydrogens is 294 g/mol. The fraction of sp³-hybridized carbons (Fsp3) is 0.250. The van der Waals surface area contributed by atoms with E-state index in [9.17, 15) is 13.2 Å². The van der Waals surface area contributed by atoms with Crippen molar-refractivity contribution in [3.63, 3.8) is 0 Å². The minimum atomic E-state index is -3.55. The van der Waals surface area contributed by atoms with E-state index < -0.39 is 15.9 Å². The number of aromatic nitrogens is 3. The molecule has 3 rings (SSSR count). The summed E-state index contributed by atoms with van der Waals surface area (Å²) in [6.45, 7) is 0. The SMILES string of the molecule is O=C(Nc1cccc(S(=O)(=O)NC2CC2)c1)c1ncn[nH]1. The lowest BCUT2D eigenvalue weighted by molar-refractivity contribution is 0.101. The molecule has 0 unspecified atom stereocenters. The number of aromatic amines is 1. The predicted octanol–water partition coefficient (Wildman–Crippen LogP) is 0.498. The van der Waals surface area contributed by atoms with Crippen LogP contribution >= 0.6 is 0 Å². The Kier molecular flexibility index (Phi) is 3.43. The van der Waals surface area contributed by atoms with E-state index in [1.807, 2.05) is 0 Å². The van der Waals surface area contributed by atoms with Crippen molar-refractivity contribution in [1.29, 1.82) is 0 Å². The topological polar surface area (TPSA) is 117 Å². The molecule has 0 aliphatic heterocycles. The first-order valence-electron chi connectivity index (χ1n) is 6.34. The van der Waals surface area contributed by atoms with Gasteiger partial charge in [-0.2, -0.15) is 5.10 Å². The van der Waals surface area contributed by atoms with Gasteiger partial charge in [0.2, 0.25) is 15.8 Å². The third kappa shape index (κ3) is 3.26. The van der Waals surface area contributed by atoms with Crippen LogP contribution in [-0.2, 0) is 10.0 Å². The number of H-pyrrole nitrogens is 1. The molecule has 1 amide bonds. The molecule has 9 heteroatoms. The molecule has 21 heavy (non-hydrogen) atoms. The Labute approximate surface area is 121 Å². The van der Waals surface area contributed by atoms with Gasteiger partial charge in [-0.25, -0.2) is 18.1 Å². The van der Waals surface area contributed by atoms with E-state index in [1.54, 1.807) is 12.1 Å². The number of nitrogens with one attached hydrogen (secondary N) is 3. The first kappa shape index (κ1) is 13.7. The van der Waals surface area contributed by atoms with Gasteiger partial charge in [-0.3, -0.25) is 9.89 Å². The van der Waals surface area contributed by atoms with Crippen molar-refractivity contribution in [1.82, 2.24) is 19.9 Å². The average molecular weight is 307 g/mol. The normalized spacial score (nSPS) is 14.9. The summed E-state index contributed by atoms with van der Waals surface area (Å²) in [6, 6.07) is 6.08. The van der Waals surface area contributed by atoms with E-state index in [0.29, 0.717) is 5.69 Å². The summed E-state index contributed by atoms with van der Waals surface area (Å²) in [4.78, 5) is 15.7. The van der Waals surface area contributed by atoms with Gasteiger partial charge in [0.1, 0.15) is 6.33 Å². The molecule has 1 aliphatic rings. The minimum absolute atomic E-state index is 0.0300. The summed E-state index contributed by atoms with van der Waals surface area (Å²) in [5, 5.41) is 8.57. The van der Waals surface area contributed by atoms with E-state index in [0.717, 1.165) is 12.8 Å². The smallest absolute Gasteiger partial charge is 0.292 e. The lowest BCUT2D eigenvalue weighted by atomic mass is 10.3. The van der Waals surface area contributed by atoms with Gasteiger partial charge < -0.3 is 5.32 Å². The highest BCUT2D eigenvalue weighted by atomic mass is 32.2. The van der Waals surface area contributed by atoms with Crippen molar-refractivity contribution in [2.75, 3.05) is 5.32 Å². The van der Waals surface area contributed by atoms with Crippen LogP contribution < -0.4 is 10.0 Å². The van der Waals surface area contributed by atoms with Gasteiger partial charge in [0.05, 0.1) is 4.90 Å². The summed E-state index contributed by atoms with van der Waals surface area (Å²) in [6.07, 6.45) is 2.94. The Bertz CT molecular complexity index is 753. The number of carbonyl (C=O) groups excluding carboxylic acids is 1. The summed E-state index contributed by atoms with van der Waals surface area (Å²) >= 11 is 0. The van der Waals surface area contributed by atoms with E-state index in [4.69, 9.17) is 0 Å². The second kappa shape index (κ2) is 5.26. The molecule has 1 aliphatic carbocycles. The van der Waals surface area contributed by atoms with Gasteiger partial charge in [0.15, 0.2) is 0 Å². The van der Waals surface area contributed by atoms with Gasteiger partial charge in [-0.1, -0.05) is 6.07 Å². The van der Waals surface area contributed by atoms with Crippen LogP contribution in [0.3, 0.4) is 0 Å². The van der Waals surface area contributed by atoms with Gasteiger partial charge in [0.25, 0.3) is 5.91 Å². The fourth-order valence-corrected chi connectivity index (χ4v) is 3.09. The summed E-state index contributed by atoms with van der Waals surface area (Å²) in [7, 11) is -3.55. The molecule has 1 aromatic carbocycles. The molecule has 3 N–H and O–H groups in total. The molecule has 1 fully saturated rings. The maximum absolute atomic E-state index is 12.1. The van der Waals surface area contributed by atoms with E-state index in [1.165, 1.54) is 18.5 Å². The second-order valence-electron chi connectivity index (χ2n) is 4.71. The van der Waals surface area contributed by atoms with Crippen LogP contribution in [0.5, 0.6) is 0 Å². The summed E-state index contributed by atoms with van der Waals surface area (Å²) in [5.74, 6) is -0.434. The molecular formula is C12H13N5O3S. The number of hydrogen-bond acceptors (Lipinski definition) is 5. The zero-order valence-corrected chi connectivity index (χ0v) is 11.7. The largest absolute Gasteiger partial charge is 0.319 e. The lowest BCUT2D eigenvalue weighted by Crippen LogP contribution is -2.25. The van der Waals surface area contributed by atoms with Crippen molar-refractivity contribution in [3.05, 3.63) is 36.4 Å². The maximum atomic E-state index is 12.1. The molecule has 0 atom stereocenters. The van der Waals surface area contributed by atoms with Crippen molar-refractivity contribution < 1.29 is 13.2 Å². The lowest BCUT2D eigenvalue weighted by Gasteiger charge is -2.08. The number of amides is 1. The highest BCUT2D eigenvalue weighted by Gasteiger charge is 2.28. The summed E-state index contributed by atoms with van der Waals surface area (Å²) < 4.78 is 26.8. The molecule has 8 nitrogen and oxygen atoms in total. The Hall–Kier alpha value is -2.26. The zero-order chi connectivity index (χ0) is 14.9. The molecule has 1 heterocycles. The van der Waals surface area contributed by atoms with Gasteiger partial charge in [-0.15, -0.1) is 0 Å². The van der Waals surface area contributed by atoms with Crippen molar-refractivity contribution in [2.45, 2.75) is 23.8 Å². The van der Waals surface area contributed by atoms with Crippen LogP contribution in [0, 0.1) is 0 Å². The summed E-state index contributed by atoms with van der Waals surface area (Å²) in [5.41, 5.74) is 0.370. The molecule has 1 aromatic heterocycles. The van der Waals surface area contributed by atoms with Crippen LogP contribution in [0.15, 0.2) is 35.5 Å². The number of rotatable bonds is 5. The number of benzene rings is 1. The zero-order valence-electron chi connectivity index (χ0n) is 10.9. The van der Waals surface area contributed by atoms with Crippen molar-refractivity contribution >= 4 is 21.6 Å². The maximum Gasteiger partial charge on any atom is 0.292 e. The molecule has 0 radical (unpaired) electrons. The quantitative estimate of drug-likeness (QED) is 0.743. The number of anilines is 1. The van der Waals surface area contributed by atoms with Gasteiger partial charge >= 0.3 is 0 Å².